The van der Waals surface area contributed by atoms with Crippen LogP contribution in [0.15, 0.2) is 11.0 Å². The Balaban J connectivity index is 2.62. The van der Waals surface area contributed by atoms with Crippen molar-refractivity contribution in [3.63, 3.8) is 0 Å². The third-order valence-corrected chi connectivity index (χ3v) is 4.00. The quantitative estimate of drug-likeness (QED) is 0.531. The van der Waals surface area contributed by atoms with E-state index in [1.807, 2.05) is 6.92 Å². The fourth-order valence-corrected chi connectivity index (χ4v) is 3.33. The van der Waals surface area contributed by atoms with Gasteiger partial charge in [-0.2, -0.15) is 0 Å². The van der Waals surface area contributed by atoms with Crippen LogP contribution < -0.4 is 0 Å². The first kappa shape index (κ1) is 12.8. The van der Waals surface area contributed by atoms with Crippen molar-refractivity contribution in [2.24, 2.45) is 11.3 Å². The van der Waals surface area contributed by atoms with E-state index in [9.17, 15) is 4.79 Å². The van der Waals surface area contributed by atoms with Gasteiger partial charge in [0.15, 0.2) is 5.78 Å². The molecule has 0 aliphatic heterocycles. The maximum atomic E-state index is 11.9. The van der Waals surface area contributed by atoms with Gasteiger partial charge in [0.1, 0.15) is 0 Å². The number of unbranched alkanes of at least 4 members (excludes halogenated alkanes) is 1. The largest absolute Gasteiger partial charge is 0.294 e. The highest BCUT2D eigenvalue weighted by Crippen LogP contribution is 2.43. The second-order valence-electron chi connectivity index (χ2n) is 5.11. The SMILES string of the molecule is CCCCSC=C1C(=O)C(C)CC1(C)C. The van der Waals surface area contributed by atoms with E-state index in [1.54, 1.807) is 11.8 Å². The van der Waals surface area contributed by atoms with Crippen molar-refractivity contribution in [1.29, 1.82) is 0 Å². The zero-order valence-electron chi connectivity index (χ0n) is 10.3. The lowest BCUT2D eigenvalue weighted by Gasteiger charge is -2.17. The van der Waals surface area contributed by atoms with Crippen LogP contribution in [0.4, 0.5) is 0 Å². The molecule has 0 radical (unpaired) electrons. The van der Waals surface area contributed by atoms with E-state index in [0.29, 0.717) is 5.78 Å². The molecule has 0 aromatic rings. The number of carbonyl (C=O) groups excluding carboxylic acids is 1. The third kappa shape index (κ3) is 3.10. The van der Waals surface area contributed by atoms with Gasteiger partial charge in [-0.15, -0.1) is 11.8 Å². The van der Waals surface area contributed by atoms with Crippen LogP contribution in [0.5, 0.6) is 0 Å². The molecule has 1 aliphatic carbocycles. The summed E-state index contributed by atoms with van der Waals surface area (Å²) < 4.78 is 0. The number of rotatable bonds is 4. The molecule has 1 saturated carbocycles. The maximum absolute atomic E-state index is 11.9. The second kappa shape index (κ2) is 5.20. The minimum Gasteiger partial charge on any atom is -0.294 e. The van der Waals surface area contributed by atoms with E-state index in [1.165, 1.54) is 12.8 Å². The van der Waals surface area contributed by atoms with Crippen molar-refractivity contribution in [2.75, 3.05) is 5.75 Å². The highest BCUT2D eigenvalue weighted by atomic mass is 32.2. The lowest BCUT2D eigenvalue weighted by atomic mass is 9.87. The first-order chi connectivity index (χ1) is 6.99. The molecule has 0 spiro atoms. The molecule has 1 atom stereocenters. The van der Waals surface area contributed by atoms with Gasteiger partial charge in [-0.1, -0.05) is 34.1 Å². The summed E-state index contributed by atoms with van der Waals surface area (Å²) in [6.45, 7) is 8.60. The Morgan fingerprint density at radius 2 is 2.20 bits per heavy atom. The monoisotopic (exact) mass is 226 g/mol. The molecule has 1 aliphatic rings. The average Bonchev–Trinajstić information content (AvgIpc) is 2.33. The predicted octanol–water partition coefficient (Wildman–Crippen LogP) is 4.04. The van der Waals surface area contributed by atoms with Gasteiger partial charge in [-0.25, -0.2) is 0 Å². The molecule has 1 rings (SSSR count). The summed E-state index contributed by atoms with van der Waals surface area (Å²) in [6.07, 6.45) is 3.47. The highest BCUT2D eigenvalue weighted by Gasteiger charge is 2.40. The van der Waals surface area contributed by atoms with Crippen LogP contribution in [0.3, 0.4) is 0 Å². The van der Waals surface area contributed by atoms with Crippen molar-refractivity contribution in [1.82, 2.24) is 0 Å². The Morgan fingerprint density at radius 3 is 2.67 bits per heavy atom. The molecule has 0 aromatic carbocycles. The molecule has 0 N–H and O–H groups in total. The number of thioether (sulfide) groups is 1. The van der Waals surface area contributed by atoms with Crippen molar-refractivity contribution < 1.29 is 4.79 Å². The normalized spacial score (nSPS) is 27.6. The van der Waals surface area contributed by atoms with Gasteiger partial charge in [-0.3, -0.25) is 4.79 Å². The van der Waals surface area contributed by atoms with Crippen LogP contribution in [0.25, 0.3) is 0 Å². The van der Waals surface area contributed by atoms with E-state index < -0.39 is 0 Å². The molecule has 15 heavy (non-hydrogen) atoms. The van der Waals surface area contributed by atoms with Crippen LogP contribution in [-0.4, -0.2) is 11.5 Å². The molecule has 0 heterocycles. The summed E-state index contributed by atoms with van der Waals surface area (Å²) in [5.41, 5.74) is 1.14. The van der Waals surface area contributed by atoms with Crippen molar-refractivity contribution in [2.45, 2.75) is 47.0 Å². The van der Waals surface area contributed by atoms with Gasteiger partial charge in [0.05, 0.1) is 0 Å². The minimum absolute atomic E-state index is 0.0930. The summed E-state index contributed by atoms with van der Waals surface area (Å²) in [5.74, 6) is 1.72. The summed E-state index contributed by atoms with van der Waals surface area (Å²) in [5, 5.41) is 2.11. The summed E-state index contributed by atoms with van der Waals surface area (Å²) >= 11 is 1.80. The molecule has 2 heteroatoms. The van der Waals surface area contributed by atoms with E-state index in [0.717, 1.165) is 17.7 Å². The molecule has 1 unspecified atom stereocenters. The number of hydrogen-bond donors (Lipinski definition) is 0. The molecular formula is C13H22OS. The van der Waals surface area contributed by atoms with Crippen LogP contribution in [0, 0.1) is 11.3 Å². The van der Waals surface area contributed by atoms with E-state index in [-0.39, 0.29) is 11.3 Å². The van der Waals surface area contributed by atoms with Crippen molar-refractivity contribution >= 4 is 17.5 Å². The standard InChI is InChI=1S/C13H22OS/c1-5-6-7-15-9-11-12(14)10(2)8-13(11,3)4/h9-10H,5-8H2,1-4H3. The molecule has 0 saturated heterocycles. The Labute approximate surface area is 97.7 Å². The fraction of sp³-hybridized carbons (Fsp3) is 0.769. The van der Waals surface area contributed by atoms with Crippen LogP contribution in [0.1, 0.15) is 47.0 Å². The second-order valence-corrected chi connectivity index (χ2v) is 6.09. The number of ketones is 1. The fourth-order valence-electron chi connectivity index (χ4n) is 2.15. The maximum Gasteiger partial charge on any atom is 0.162 e. The van der Waals surface area contributed by atoms with Gasteiger partial charge in [0.2, 0.25) is 0 Å². The molecule has 1 fully saturated rings. The van der Waals surface area contributed by atoms with E-state index >= 15 is 0 Å². The topological polar surface area (TPSA) is 17.1 Å². The summed E-state index contributed by atoms with van der Waals surface area (Å²) in [4.78, 5) is 11.9. The van der Waals surface area contributed by atoms with Crippen LogP contribution in [0.2, 0.25) is 0 Å². The highest BCUT2D eigenvalue weighted by molar-refractivity contribution is 8.02. The Bertz CT molecular complexity index is 266. The van der Waals surface area contributed by atoms with Gasteiger partial charge >= 0.3 is 0 Å². The Kier molecular flexibility index (Phi) is 4.45. The van der Waals surface area contributed by atoms with Gasteiger partial charge in [0.25, 0.3) is 0 Å². The van der Waals surface area contributed by atoms with Crippen molar-refractivity contribution in [3.8, 4) is 0 Å². The number of Topliss-reactive ketones (excluding diaryl/α,β-unsaturated/α-hetero) is 1. The molecule has 0 bridgehead atoms. The zero-order valence-corrected chi connectivity index (χ0v) is 11.1. The Hall–Kier alpha value is -0.240. The van der Waals surface area contributed by atoms with Crippen LogP contribution in [-0.2, 0) is 4.79 Å². The molecule has 0 aromatic heterocycles. The predicted molar refractivity (Wildman–Crippen MR) is 68.0 cm³/mol. The van der Waals surface area contributed by atoms with E-state index in [4.69, 9.17) is 0 Å². The van der Waals surface area contributed by atoms with Gasteiger partial charge in [-0.05, 0) is 29.4 Å². The molecular weight excluding hydrogens is 204 g/mol. The number of allylic oxidation sites excluding steroid dienone is 1. The third-order valence-electron chi connectivity index (χ3n) is 3.08. The molecule has 0 amide bonds. The zero-order chi connectivity index (χ0) is 11.5. The number of carbonyl (C=O) groups is 1. The van der Waals surface area contributed by atoms with E-state index in [2.05, 4.69) is 26.2 Å². The lowest BCUT2D eigenvalue weighted by Crippen LogP contribution is -2.10. The smallest absolute Gasteiger partial charge is 0.162 e. The first-order valence-corrected chi connectivity index (χ1v) is 6.90. The number of hydrogen-bond acceptors (Lipinski definition) is 2. The Morgan fingerprint density at radius 1 is 1.53 bits per heavy atom. The van der Waals surface area contributed by atoms with Crippen molar-refractivity contribution in [3.05, 3.63) is 11.0 Å². The average molecular weight is 226 g/mol. The molecule has 86 valence electrons. The molecule has 1 nitrogen and oxygen atoms in total. The van der Waals surface area contributed by atoms with Gasteiger partial charge in [0, 0.05) is 11.5 Å². The van der Waals surface area contributed by atoms with Crippen LogP contribution >= 0.6 is 11.8 Å². The first-order valence-electron chi connectivity index (χ1n) is 5.85. The lowest BCUT2D eigenvalue weighted by molar-refractivity contribution is -0.117. The summed E-state index contributed by atoms with van der Waals surface area (Å²) in [7, 11) is 0. The van der Waals surface area contributed by atoms with Gasteiger partial charge < -0.3 is 0 Å². The minimum atomic E-state index is 0.0930. The summed E-state index contributed by atoms with van der Waals surface area (Å²) in [6, 6.07) is 0.